The van der Waals surface area contributed by atoms with E-state index in [9.17, 15) is 4.79 Å². The summed E-state index contributed by atoms with van der Waals surface area (Å²) in [6.07, 6.45) is 4.56. The smallest absolute Gasteiger partial charge is 0.341 e. The van der Waals surface area contributed by atoms with Gasteiger partial charge in [-0.1, -0.05) is 81.6 Å². The van der Waals surface area contributed by atoms with E-state index < -0.39 is 5.79 Å². The predicted octanol–water partition coefficient (Wildman–Crippen LogP) is 5.29. The maximum Gasteiger partial charge on any atom is 0.341 e. The van der Waals surface area contributed by atoms with Crippen LogP contribution >= 0.6 is 0 Å². The molecule has 0 aliphatic carbocycles. The number of esters is 1. The first-order valence-corrected chi connectivity index (χ1v) is 9.23. The zero-order chi connectivity index (χ0) is 17.7. The molecule has 1 aliphatic rings. The van der Waals surface area contributed by atoms with Gasteiger partial charge in [0.1, 0.15) is 0 Å². The molecule has 1 heterocycles. The highest BCUT2D eigenvalue weighted by Gasteiger charge is 2.48. The topological polar surface area (TPSA) is 35.5 Å². The first-order valence-electron chi connectivity index (χ1n) is 9.23. The quantitative estimate of drug-likeness (QED) is 0.613. The number of rotatable bonds is 8. The van der Waals surface area contributed by atoms with E-state index in [1.165, 1.54) is 12.8 Å². The molecule has 2 aromatic rings. The van der Waals surface area contributed by atoms with E-state index >= 15 is 0 Å². The molecule has 1 aliphatic heterocycles. The Kier molecular flexibility index (Phi) is 5.54. The van der Waals surface area contributed by atoms with Crippen LogP contribution in [0.4, 0.5) is 0 Å². The van der Waals surface area contributed by atoms with Crippen LogP contribution in [0.2, 0.25) is 0 Å². The van der Waals surface area contributed by atoms with E-state index in [0.717, 1.165) is 24.0 Å². The Morgan fingerprint density at radius 1 is 1.04 bits per heavy atom. The van der Waals surface area contributed by atoms with Crippen LogP contribution < -0.4 is 0 Å². The fourth-order valence-electron chi connectivity index (χ4n) is 3.38. The number of fused-ring (bicyclic) bond motifs is 1. The van der Waals surface area contributed by atoms with Crippen molar-refractivity contribution in [1.82, 2.24) is 0 Å². The lowest BCUT2D eigenvalue weighted by Crippen LogP contribution is -2.33. The van der Waals surface area contributed by atoms with Crippen molar-refractivity contribution >= 4 is 5.97 Å². The van der Waals surface area contributed by atoms with Crippen LogP contribution in [0.25, 0.3) is 0 Å². The number of hydrogen-bond donors (Lipinski definition) is 0. The Labute approximate surface area is 150 Å². The second-order valence-corrected chi connectivity index (χ2v) is 6.65. The summed E-state index contributed by atoms with van der Waals surface area (Å²) in [6.45, 7) is 4.97. The lowest BCUT2D eigenvalue weighted by atomic mass is 9.94. The molecule has 25 heavy (non-hydrogen) atoms. The van der Waals surface area contributed by atoms with Crippen LogP contribution in [0.1, 0.15) is 61.0 Å². The highest BCUT2D eigenvalue weighted by molar-refractivity contribution is 5.95. The summed E-state index contributed by atoms with van der Waals surface area (Å²) in [6, 6.07) is 17.3. The number of carbonyl (C=O) groups is 1. The average molecular weight is 338 g/mol. The van der Waals surface area contributed by atoms with E-state index in [2.05, 4.69) is 13.8 Å². The molecule has 3 heteroatoms. The molecule has 0 saturated carbocycles. The summed E-state index contributed by atoms with van der Waals surface area (Å²) in [4.78, 5) is 12.4. The van der Waals surface area contributed by atoms with Gasteiger partial charge in [-0.3, -0.25) is 0 Å². The predicted molar refractivity (Wildman–Crippen MR) is 98.3 cm³/mol. The number of unbranched alkanes of at least 4 members (excludes halogenated alkanes) is 1. The summed E-state index contributed by atoms with van der Waals surface area (Å²) in [5.74, 6) is -0.984. The summed E-state index contributed by atoms with van der Waals surface area (Å²) in [5, 5.41) is 0. The standard InChI is InChI=1S/C22H26O3/c1-3-5-11-17(4-2)16-24-22(18-12-7-6-8-13-18)20-15-10-9-14-19(20)21(23)25-22/h6-10,12-15,17H,3-5,11,16H2,1-2H3/t17-,22-/m1/s1. The number of benzene rings is 2. The van der Waals surface area contributed by atoms with Gasteiger partial charge in [0.25, 0.3) is 5.79 Å². The molecule has 0 radical (unpaired) electrons. The number of cyclic esters (lactones) is 1. The van der Waals surface area contributed by atoms with E-state index in [1.807, 2.05) is 48.5 Å². The molecule has 3 rings (SSSR count). The molecule has 0 saturated heterocycles. The van der Waals surface area contributed by atoms with E-state index in [4.69, 9.17) is 9.47 Å². The van der Waals surface area contributed by atoms with Gasteiger partial charge in [-0.2, -0.15) is 0 Å². The van der Waals surface area contributed by atoms with Crippen LogP contribution in [0.3, 0.4) is 0 Å². The molecule has 0 N–H and O–H groups in total. The van der Waals surface area contributed by atoms with Crippen molar-refractivity contribution in [3.05, 3.63) is 71.3 Å². The second-order valence-electron chi connectivity index (χ2n) is 6.65. The molecule has 0 spiro atoms. The van der Waals surface area contributed by atoms with E-state index in [0.29, 0.717) is 18.1 Å². The highest BCUT2D eigenvalue weighted by Crippen LogP contribution is 2.43. The van der Waals surface area contributed by atoms with Crippen molar-refractivity contribution in [3.8, 4) is 0 Å². The molecular weight excluding hydrogens is 312 g/mol. The molecule has 0 aromatic heterocycles. The zero-order valence-electron chi connectivity index (χ0n) is 15.0. The van der Waals surface area contributed by atoms with E-state index in [-0.39, 0.29) is 5.97 Å². The van der Waals surface area contributed by atoms with Gasteiger partial charge >= 0.3 is 5.97 Å². The molecule has 3 nitrogen and oxygen atoms in total. The van der Waals surface area contributed by atoms with Crippen molar-refractivity contribution < 1.29 is 14.3 Å². The third-order valence-electron chi connectivity index (χ3n) is 4.96. The van der Waals surface area contributed by atoms with Gasteiger partial charge in [-0.25, -0.2) is 4.79 Å². The summed E-state index contributed by atoms with van der Waals surface area (Å²) < 4.78 is 12.2. The Balaban J connectivity index is 1.94. The van der Waals surface area contributed by atoms with Gasteiger partial charge in [0.05, 0.1) is 12.2 Å². The Bertz CT molecular complexity index is 710. The molecule has 0 bridgehead atoms. The summed E-state index contributed by atoms with van der Waals surface area (Å²) in [7, 11) is 0. The fourth-order valence-corrected chi connectivity index (χ4v) is 3.38. The first kappa shape index (κ1) is 17.7. The number of hydrogen-bond acceptors (Lipinski definition) is 3. The highest BCUT2D eigenvalue weighted by atomic mass is 16.7. The largest absolute Gasteiger partial charge is 0.420 e. The molecule has 0 fully saturated rings. The van der Waals surface area contributed by atoms with Gasteiger partial charge in [0.2, 0.25) is 0 Å². The third kappa shape index (κ3) is 3.47. The average Bonchev–Trinajstić information content (AvgIpc) is 2.96. The van der Waals surface area contributed by atoms with Crippen molar-refractivity contribution in [2.24, 2.45) is 5.92 Å². The van der Waals surface area contributed by atoms with Crippen molar-refractivity contribution in [1.29, 1.82) is 0 Å². The van der Waals surface area contributed by atoms with Crippen LogP contribution in [0.15, 0.2) is 54.6 Å². The minimum atomic E-state index is -1.13. The molecule has 132 valence electrons. The fraction of sp³-hybridized carbons (Fsp3) is 0.409. The summed E-state index contributed by atoms with van der Waals surface area (Å²) in [5.41, 5.74) is 2.25. The molecule has 0 unspecified atom stereocenters. The Morgan fingerprint density at radius 2 is 1.76 bits per heavy atom. The van der Waals surface area contributed by atoms with E-state index in [1.54, 1.807) is 6.07 Å². The van der Waals surface area contributed by atoms with Crippen molar-refractivity contribution in [2.45, 2.75) is 45.3 Å². The van der Waals surface area contributed by atoms with Gasteiger partial charge in [-0.15, -0.1) is 0 Å². The van der Waals surface area contributed by atoms with Crippen LogP contribution in [-0.2, 0) is 15.3 Å². The minimum Gasteiger partial charge on any atom is -0.420 e. The Morgan fingerprint density at radius 3 is 2.48 bits per heavy atom. The van der Waals surface area contributed by atoms with Gasteiger partial charge < -0.3 is 9.47 Å². The number of ether oxygens (including phenoxy) is 2. The summed E-state index contributed by atoms with van der Waals surface area (Å²) >= 11 is 0. The molecule has 2 atom stereocenters. The molecule has 0 amide bonds. The van der Waals surface area contributed by atoms with Crippen molar-refractivity contribution in [2.75, 3.05) is 6.61 Å². The number of carbonyl (C=O) groups excluding carboxylic acids is 1. The van der Waals surface area contributed by atoms with Gasteiger partial charge in [0, 0.05) is 11.1 Å². The Hall–Kier alpha value is -2.13. The first-order chi connectivity index (χ1) is 12.2. The normalized spacial score (nSPS) is 20.2. The maximum atomic E-state index is 12.4. The molecular formula is C22H26O3. The SMILES string of the molecule is CCCC[C@@H](CC)CO[C@]1(c2ccccc2)OC(=O)c2ccccc21. The minimum absolute atomic E-state index is 0.318. The third-order valence-corrected chi connectivity index (χ3v) is 4.96. The second kappa shape index (κ2) is 7.83. The van der Waals surface area contributed by atoms with Gasteiger partial charge in [-0.05, 0) is 18.4 Å². The van der Waals surface area contributed by atoms with Crippen LogP contribution in [-0.4, -0.2) is 12.6 Å². The lowest BCUT2D eigenvalue weighted by molar-refractivity contribution is -0.182. The van der Waals surface area contributed by atoms with Crippen LogP contribution in [0, 0.1) is 5.92 Å². The lowest BCUT2D eigenvalue weighted by Gasteiger charge is -2.31. The maximum absolute atomic E-state index is 12.4. The van der Waals surface area contributed by atoms with Crippen LogP contribution in [0.5, 0.6) is 0 Å². The molecule has 2 aromatic carbocycles. The van der Waals surface area contributed by atoms with Gasteiger partial charge in [0.15, 0.2) is 0 Å². The van der Waals surface area contributed by atoms with Crippen molar-refractivity contribution in [3.63, 3.8) is 0 Å². The monoisotopic (exact) mass is 338 g/mol. The zero-order valence-corrected chi connectivity index (χ0v) is 15.0.